The molecular weight excluding hydrogens is 242 g/mol. The molecule has 1 aliphatic heterocycles. The van der Waals surface area contributed by atoms with E-state index in [1.54, 1.807) is 7.11 Å². The van der Waals surface area contributed by atoms with Crippen molar-refractivity contribution in [2.24, 2.45) is 0 Å². The molecule has 1 amide bonds. The van der Waals surface area contributed by atoms with Gasteiger partial charge in [-0.05, 0) is 19.9 Å². The molecule has 0 aliphatic carbocycles. The van der Waals surface area contributed by atoms with E-state index in [1.807, 2.05) is 43.0 Å². The first-order valence-electron chi connectivity index (χ1n) is 6.58. The van der Waals surface area contributed by atoms with Gasteiger partial charge in [-0.25, -0.2) is 0 Å². The zero-order chi connectivity index (χ0) is 13.9. The number of morpholine rings is 1. The number of para-hydroxylation sites is 1. The van der Waals surface area contributed by atoms with Gasteiger partial charge in [-0.3, -0.25) is 4.79 Å². The maximum absolute atomic E-state index is 12.7. The lowest BCUT2D eigenvalue weighted by Gasteiger charge is -2.35. The fourth-order valence-electron chi connectivity index (χ4n) is 2.44. The highest BCUT2D eigenvalue weighted by Gasteiger charge is 2.36. The number of ether oxygens (including phenoxy) is 2. The molecule has 0 spiro atoms. The molecule has 0 radical (unpaired) electrons. The Kier molecular flexibility index (Phi) is 4.10. The SMILES string of the molecule is COc1ccccc1C(C)(C)C(=O)N1CCOCC1. The molecule has 4 nitrogen and oxygen atoms in total. The largest absolute Gasteiger partial charge is 0.496 e. The van der Waals surface area contributed by atoms with Crippen LogP contribution in [-0.2, 0) is 14.9 Å². The summed E-state index contributed by atoms with van der Waals surface area (Å²) < 4.78 is 10.7. The summed E-state index contributed by atoms with van der Waals surface area (Å²) in [6.45, 7) is 6.46. The maximum Gasteiger partial charge on any atom is 0.232 e. The second-order valence-corrected chi connectivity index (χ2v) is 5.23. The van der Waals surface area contributed by atoms with Crippen LogP contribution >= 0.6 is 0 Å². The van der Waals surface area contributed by atoms with Gasteiger partial charge in [-0.1, -0.05) is 18.2 Å². The summed E-state index contributed by atoms with van der Waals surface area (Å²) >= 11 is 0. The van der Waals surface area contributed by atoms with Crippen LogP contribution in [0.2, 0.25) is 0 Å². The number of amides is 1. The van der Waals surface area contributed by atoms with Crippen molar-refractivity contribution in [3.8, 4) is 5.75 Å². The molecule has 19 heavy (non-hydrogen) atoms. The van der Waals surface area contributed by atoms with Gasteiger partial charge in [0, 0.05) is 18.7 Å². The molecule has 4 heteroatoms. The molecule has 0 unspecified atom stereocenters. The van der Waals surface area contributed by atoms with E-state index >= 15 is 0 Å². The highest BCUT2D eigenvalue weighted by atomic mass is 16.5. The quantitative estimate of drug-likeness (QED) is 0.835. The Morgan fingerprint density at radius 1 is 1.26 bits per heavy atom. The minimum absolute atomic E-state index is 0.125. The van der Waals surface area contributed by atoms with Crippen molar-refractivity contribution in [3.05, 3.63) is 29.8 Å². The lowest BCUT2D eigenvalue weighted by Crippen LogP contribution is -2.48. The topological polar surface area (TPSA) is 38.8 Å². The number of methoxy groups -OCH3 is 1. The highest BCUT2D eigenvalue weighted by Crippen LogP contribution is 2.33. The summed E-state index contributed by atoms with van der Waals surface area (Å²) in [4.78, 5) is 14.6. The number of nitrogens with zero attached hydrogens (tertiary/aromatic N) is 1. The molecule has 2 rings (SSSR count). The van der Waals surface area contributed by atoms with E-state index in [-0.39, 0.29) is 5.91 Å². The molecule has 0 saturated carbocycles. The Bertz CT molecular complexity index is 450. The average Bonchev–Trinajstić information content (AvgIpc) is 2.47. The molecule has 1 fully saturated rings. The van der Waals surface area contributed by atoms with Crippen molar-refractivity contribution in [2.75, 3.05) is 33.4 Å². The van der Waals surface area contributed by atoms with E-state index in [2.05, 4.69) is 0 Å². The normalized spacial score (nSPS) is 16.3. The smallest absolute Gasteiger partial charge is 0.232 e. The van der Waals surface area contributed by atoms with Crippen LogP contribution in [0.1, 0.15) is 19.4 Å². The number of carbonyl (C=O) groups is 1. The molecule has 1 saturated heterocycles. The number of rotatable bonds is 3. The van der Waals surface area contributed by atoms with Gasteiger partial charge in [0.2, 0.25) is 5.91 Å². The number of hydrogen-bond acceptors (Lipinski definition) is 3. The van der Waals surface area contributed by atoms with Gasteiger partial charge in [0.1, 0.15) is 5.75 Å². The summed E-state index contributed by atoms with van der Waals surface area (Å²) in [5.74, 6) is 0.884. The van der Waals surface area contributed by atoms with Gasteiger partial charge in [-0.15, -0.1) is 0 Å². The molecule has 104 valence electrons. The van der Waals surface area contributed by atoms with Crippen molar-refractivity contribution < 1.29 is 14.3 Å². The predicted molar refractivity (Wildman–Crippen MR) is 73.4 cm³/mol. The lowest BCUT2D eigenvalue weighted by molar-refractivity contribution is -0.140. The van der Waals surface area contributed by atoms with Crippen LogP contribution < -0.4 is 4.74 Å². The lowest BCUT2D eigenvalue weighted by atomic mass is 9.82. The van der Waals surface area contributed by atoms with E-state index in [9.17, 15) is 4.79 Å². The van der Waals surface area contributed by atoms with Gasteiger partial charge in [0.15, 0.2) is 0 Å². The van der Waals surface area contributed by atoms with Crippen LogP contribution in [0.15, 0.2) is 24.3 Å². The first-order chi connectivity index (χ1) is 9.07. The first-order valence-corrected chi connectivity index (χ1v) is 6.58. The Labute approximate surface area is 114 Å². The Balaban J connectivity index is 2.27. The summed E-state index contributed by atoms with van der Waals surface area (Å²) in [6, 6.07) is 7.70. The van der Waals surface area contributed by atoms with Crippen molar-refractivity contribution in [3.63, 3.8) is 0 Å². The Hall–Kier alpha value is -1.55. The molecule has 1 aromatic carbocycles. The van der Waals surface area contributed by atoms with Crippen LogP contribution in [0.4, 0.5) is 0 Å². The van der Waals surface area contributed by atoms with Gasteiger partial charge < -0.3 is 14.4 Å². The molecule has 1 aromatic rings. The van der Waals surface area contributed by atoms with Crippen molar-refractivity contribution >= 4 is 5.91 Å². The predicted octanol–water partition coefficient (Wildman–Crippen LogP) is 1.83. The van der Waals surface area contributed by atoms with E-state index in [0.717, 1.165) is 11.3 Å². The standard InChI is InChI=1S/C15H21NO3/c1-15(2,12-6-4-5-7-13(12)18-3)14(17)16-8-10-19-11-9-16/h4-7H,8-11H2,1-3H3. The van der Waals surface area contributed by atoms with E-state index in [0.29, 0.717) is 26.3 Å². The summed E-state index contributed by atoms with van der Waals surface area (Å²) in [5, 5.41) is 0. The van der Waals surface area contributed by atoms with Crippen molar-refractivity contribution in [2.45, 2.75) is 19.3 Å². The molecular formula is C15H21NO3. The van der Waals surface area contributed by atoms with E-state index < -0.39 is 5.41 Å². The fraction of sp³-hybridized carbons (Fsp3) is 0.533. The number of hydrogen-bond donors (Lipinski definition) is 0. The van der Waals surface area contributed by atoms with Crippen molar-refractivity contribution in [1.82, 2.24) is 4.90 Å². The highest BCUT2D eigenvalue weighted by molar-refractivity contribution is 5.88. The van der Waals surface area contributed by atoms with Gasteiger partial charge in [0.05, 0.1) is 25.7 Å². The second-order valence-electron chi connectivity index (χ2n) is 5.23. The zero-order valence-corrected chi connectivity index (χ0v) is 11.8. The third kappa shape index (κ3) is 2.73. The average molecular weight is 263 g/mol. The molecule has 1 heterocycles. The Morgan fingerprint density at radius 3 is 2.53 bits per heavy atom. The van der Waals surface area contributed by atoms with E-state index in [1.165, 1.54) is 0 Å². The summed E-state index contributed by atoms with van der Waals surface area (Å²) in [7, 11) is 1.63. The maximum atomic E-state index is 12.7. The van der Waals surface area contributed by atoms with Crippen molar-refractivity contribution in [1.29, 1.82) is 0 Å². The summed E-state index contributed by atoms with van der Waals surface area (Å²) in [5.41, 5.74) is 0.332. The molecule has 0 atom stereocenters. The Morgan fingerprint density at radius 2 is 1.89 bits per heavy atom. The van der Waals surface area contributed by atoms with Gasteiger partial charge >= 0.3 is 0 Å². The number of carbonyl (C=O) groups excluding carboxylic acids is 1. The van der Waals surface area contributed by atoms with Crippen LogP contribution in [0, 0.1) is 0 Å². The van der Waals surface area contributed by atoms with Crippen LogP contribution in [0.5, 0.6) is 5.75 Å². The third-order valence-corrected chi connectivity index (χ3v) is 3.61. The minimum atomic E-state index is -0.593. The molecule has 0 aromatic heterocycles. The number of benzene rings is 1. The van der Waals surface area contributed by atoms with E-state index in [4.69, 9.17) is 9.47 Å². The van der Waals surface area contributed by atoms with Gasteiger partial charge in [0.25, 0.3) is 0 Å². The fourth-order valence-corrected chi connectivity index (χ4v) is 2.44. The third-order valence-electron chi connectivity index (χ3n) is 3.61. The second kappa shape index (κ2) is 5.61. The van der Waals surface area contributed by atoms with Crippen LogP contribution in [-0.4, -0.2) is 44.2 Å². The zero-order valence-electron chi connectivity index (χ0n) is 11.8. The minimum Gasteiger partial charge on any atom is -0.496 e. The molecule has 0 bridgehead atoms. The molecule has 0 N–H and O–H groups in total. The summed E-state index contributed by atoms with van der Waals surface area (Å²) in [6.07, 6.45) is 0. The first kappa shape index (κ1) is 13.9. The monoisotopic (exact) mass is 263 g/mol. The van der Waals surface area contributed by atoms with Crippen LogP contribution in [0.25, 0.3) is 0 Å². The van der Waals surface area contributed by atoms with Crippen LogP contribution in [0.3, 0.4) is 0 Å². The van der Waals surface area contributed by atoms with Gasteiger partial charge in [-0.2, -0.15) is 0 Å². The molecule has 1 aliphatic rings.